The number of nitrogens with one attached hydrogen (secondary N) is 1. The Morgan fingerprint density at radius 2 is 1.95 bits per heavy atom. The fourth-order valence-corrected chi connectivity index (χ4v) is 2.26. The molecule has 0 aliphatic carbocycles. The molecule has 0 saturated heterocycles. The van der Waals surface area contributed by atoms with Gasteiger partial charge in [-0.1, -0.05) is 37.3 Å². The molecule has 0 spiro atoms. The smallest absolute Gasteiger partial charge is 0.326 e. The molecule has 2 aromatic rings. The van der Waals surface area contributed by atoms with Crippen LogP contribution >= 0.6 is 0 Å². The van der Waals surface area contributed by atoms with Gasteiger partial charge in [0, 0.05) is 12.8 Å². The second kappa shape index (κ2) is 6.93. The van der Waals surface area contributed by atoms with Crippen molar-refractivity contribution in [2.45, 2.75) is 32.7 Å². The third-order valence-corrected chi connectivity index (χ3v) is 3.45. The quantitative estimate of drug-likeness (QED) is 0.859. The van der Waals surface area contributed by atoms with Crippen LogP contribution in [0.2, 0.25) is 0 Å². The monoisotopic (exact) mass is 301 g/mol. The van der Waals surface area contributed by atoms with E-state index in [0.717, 1.165) is 16.9 Å². The van der Waals surface area contributed by atoms with E-state index in [-0.39, 0.29) is 12.2 Å². The number of amides is 1. The number of benzene rings is 1. The summed E-state index contributed by atoms with van der Waals surface area (Å²) in [7, 11) is 0. The number of carboxylic acids is 1. The van der Waals surface area contributed by atoms with Crippen molar-refractivity contribution in [1.82, 2.24) is 5.32 Å². The molecular formula is C17H19NO4. The zero-order valence-electron chi connectivity index (χ0n) is 12.6. The fraction of sp³-hybridized carbons (Fsp3) is 0.294. The van der Waals surface area contributed by atoms with Gasteiger partial charge in [-0.05, 0) is 24.1 Å². The molecule has 0 aliphatic heterocycles. The lowest BCUT2D eigenvalue weighted by atomic mass is 10.1. The minimum absolute atomic E-state index is 0.147. The van der Waals surface area contributed by atoms with Gasteiger partial charge in [0.05, 0.1) is 0 Å². The molecule has 1 aromatic heterocycles. The Labute approximate surface area is 129 Å². The summed E-state index contributed by atoms with van der Waals surface area (Å²) < 4.78 is 5.45. The first kappa shape index (κ1) is 15.8. The molecular weight excluding hydrogens is 282 g/mol. The normalized spacial score (nSPS) is 11.9. The van der Waals surface area contributed by atoms with Crippen LogP contribution in [-0.4, -0.2) is 23.0 Å². The third kappa shape index (κ3) is 3.75. The lowest BCUT2D eigenvalue weighted by Crippen LogP contribution is -2.42. The number of aliphatic carboxylic acids is 1. The van der Waals surface area contributed by atoms with Crippen molar-refractivity contribution in [3.63, 3.8) is 0 Å². The molecule has 0 unspecified atom stereocenters. The molecule has 0 saturated carbocycles. The van der Waals surface area contributed by atoms with Crippen LogP contribution in [0.15, 0.2) is 40.8 Å². The molecule has 0 bridgehead atoms. The zero-order valence-corrected chi connectivity index (χ0v) is 12.6. The summed E-state index contributed by atoms with van der Waals surface area (Å²) in [6.45, 7) is 3.79. The Morgan fingerprint density at radius 1 is 1.27 bits per heavy atom. The van der Waals surface area contributed by atoms with E-state index in [0.29, 0.717) is 6.42 Å². The van der Waals surface area contributed by atoms with Crippen molar-refractivity contribution in [1.29, 1.82) is 0 Å². The van der Waals surface area contributed by atoms with Gasteiger partial charge in [0.15, 0.2) is 5.76 Å². The van der Waals surface area contributed by atoms with E-state index in [4.69, 9.17) is 4.42 Å². The maximum atomic E-state index is 12.2. The summed E-state index contributed by atoms with van der Waals surface area (Å²) in [5, 5.41) is 11.8. The van der Waals surface area contributed by atoms with E-state index >= 15 is 0 Å². The van der Waals surface area contributed by atoms with Crippen LogP contribution in [0.5, 0.6) is 0 Å². The molecule has 0 aliphatic rings. The minimum atomic E-state index is -1.07. The SMILES string of the molecule is CCc1oc(C(=O)N[C@H](Cc2ccccc2)C(=O)O)cc1C. The highest BCUT2D eigenvalue weighted by atomic mass is 16.4. The molecule has 1 amide bonds. The van der Waals surface area contributed by atoms with Gasteiger partial charge in [0.25, 0.3) is 5.91 Å². The summed E-state index contributed by atoms with van der Waals surface area (Å²) in [6.07, 6.45) is 0.910. The average molecular weight is 301 g/mol. The Morgan fingerprint density at radius 3 is 2.50 bits per heavy atom. The molecule has 116 valence electrons. The maximum absolute atomic E-state index is 12.2. The van der Waals surface area contributed by atoms with E-state index < -0.39 is 17.9 Å². The summed E-state index contributed by atoms with van der Waals surface area (Å²) >= 11 is 0. The number of carbonyl (C=O) groups is 2. The summed E-state index contributed by atoms with van der Waals surface area (Å²) in [5.74, 6) is -0.698. The standard InChI is InChI=1S/C17H19NO4/c1-3-14-11(2)9-15(22-14)16(19)18-13(17(20)21)10-12-7-5-4-6-8-12/h4-9,13H,3,10H2,1-2H3,(H,18,19)(H,20,21)/t13-/m1/s1. The largest absolute Gasteiger partial charge is 0.480 e. The first-order valence-corrected chi connectivity index (χ1v) is 7.18. The molecule has 1 aromatic carbocycles. The highest BCUT2D eigenvalue weighted by Gasteiger charge is 2.23. The van der Waals surface area contributed by atoms with Gasteiger partial charge >= 0.3 is 5.97 Å². The van der Waals surface area contributed by atoms with Crippen molar-refractivity contribution in [2.75, 3.05) is 0 Å². The van der Waals surface area contributed by atoms with Crippen LogP contribution < -0.4 is 5.32 Å². The minimum Gasteiger partial charge on any atom is -0.480 e. The Balaban J connectivity index is 2.10. The van der Waals surface area contributed by atoms with E-state index in [1.807, 2.05) is 44.2 Å². The second-order valence-corrected chi connectivity index (χ2v) is 5.12. The number of carboxylic acid groups (broad SMARTS) is 1. The summed E-state index contributed by atoms with van der Waals surface area (Å²) in [6, 6.07) is 9.82. The number of carbonyl (C=O) groups excluding carboxylic acids is 1. The number of furan rings is 1. The van der Waals surface area contributed by atoms with Gasteiger partial charge in [-0.2, -0.15) is 0 Å². The second-order valence-electron chi connectivity index (χ2n) is 5.12. The molecule has 1 atom stereocenters. The van der Waals surface area contributed by atoms with Crippen molar-refractivity contribution in [2.24, 2.45) is 0 Å². The van der Waals surface area contributed by atoms with Gasteiger partial charge in [-0.25, -0.2) is 4.79 Å². The average Bonchev–Trinajstić information content (AvgIpc) is 2.88. The molecule has 0 fully saturated rings. The highest BCUT2D eigenvalue weighted by Crippen LogP contribution is 2.15. The molecule has 22 heavy (non-hydrogen) atoms. The molecule has 2 rings (SSSR count). The maximum Gasteiger partial charge on any atom is 0.326 e. The lowest BCUT2D eigenvalue weighted by Gasteiger charge is -2.13. The van der Waals surface area contributed by atoms with E-state index in [1.165, 1.54) is 0 Å². The molecule has 0 radical (unpaired) electrons. The molecule has 1 heterocycles. The predicted molar refractivity (Wildman–Crippen MR) is 81.9 cm³/mol. The number of rotatable bonds is 6. The molecule has 5 heteroatoms. The van der Waals surface area contributed by atoms with Crippen molar-refractivity contribution < 1.29 is 19.1 Å². The van der Waals surface area contributed by atoms with Crippen LogP contribution in [0.3, 0.4) is 0 Å². The third-order valence-electron chi connectivity index (χ3n) is 3.45. The van der Waals surface area contributed by atoms with Crippen LogP contribution in [-0.2, 0) is 17.6 Å². The first-order chi connectivity index (χ1) is 10.5. The number of hydrogen-bond acceptors (Lipinski definition) is 3. The van der Waals surface area contributed by atoms with Crippen LogP contribution in [0.25, 0.3) is 0 Å². The number of hydrogen-bond donors (Lipinski definition) is 2. The topological polar surface area (TPSA) is 79.5 Å². The van der Waals surface area contributed by atoms with Crippen LogP contribution in [0.1, 0.15) is 34.4 Å². The van der Waals surface area contributed by atoms with Crippen molar-refractivity contribution in [3.8, 4) is 0 Å². The Kier molecular flexibility index (Phi) is 4.99. The van der Waals surface area contributed by atoms with E-state index in [1.54, 1.807) is 6.07 Å². The van der Waals surface area contributed by atoms with E-state index in [9.17, 15) is 14.7 Å². The number of aryl methyl sites for hydroxylation is 2. The van der Waals surface area contributed by atoms with Crippen LogP contribution in [0, 0.1) is 6.92 Å². The summed E-state index contributed by atoms with van der Waals surface area (Å²) in [5.41, 5.74) is 1.74. The van der Waals surface area contributed by atoms with Gasteiger partial charge < -0.3 is 14.8 Å². The van der Waals surface area contributed by atoms with Gasteiger partial charge in [0.1, 0.15) is 11.8 Å². The molecule has 2 N–H and O–H groups in total. The lowest BCUT2D eigenvalue weighted by molar-refractivity contribution is -0.139. The van der Waals surface area contributed by atoms with Crippen LogP contribution in [0.4, 0.5) is 0 Å². The summed E-state index contributed by atoms with van der Waals surface area (Å²) in [4.78, 5) is 23.5. The van der Waals surface area contributed by atoms with Gasteiger partial charge in [-0.15, -0.1) is 0 Å². The Hall–Kier alpha value is -2.56. The van der Waals surface area contributed by atoms with Gasteiger partial charge in [0.2, 0.25) is 0 Å². The fourth-order valence-electron chi connectivity index (χ4n) is 2.26. The van der Waals surface area contributed by atoms with E-state index in [2.05, 4.69) is 5.32 Å². The van der Waals surface area contributed by atoms with Crippen molar-refractivity contribution >= 4 is 11.9 Å². The Bertz CT molecular complexity index is 661. The zero-order chi connectivity index (χ0) is 16.1. The predicted octanol–water partition coefficient (Wildman–Crippen LogP) is 2.58. The first-order valence-electron chi connectivity index (χ1n) is 7.18. The molecule has 5 nitrogen and oxygen atoms in total. The van der Waals surface area contributed by atoms with Crippen molar-refractivity contribution in [3.05, 3.63) is 59.0 Å². The van der Waals surface area contributed by atoms with Gasteiger partial charge in [-0.3, -0.25) is 4.79 Å². The highest BCUT2D eigenvalue weighted by molar-refractivity contribution is 5.94.